The van der Waals surface area contributed by atoms with Crippen molar-refractivity contribution in [1.82, 2.24) is 15.1 Å². The summed E-state index contributed by atoms with van der Waals surface area (Å²) in [6.45, 7) is 1.85. The van der Waals surface area contributed by atoms with Crippen molar-refractivity contribution in [2.45, 2.75) is 38.3 Å². The predicted molar refractivity (Wildman–Crippen MR) is 66.7 cm³/mol. The molecule has 8 nitrogen and oxygen atoms in total. The minimum Gasteiger partial charge on any atom is -0.480 e. The third kappa shape index (κ3) is 2.45. The van der Waals surface area contributed by atoms with E-state index in [0.717, 1.165) is 0 Å². The van der Waals surface area contributed by atoms with E-state index in [1.54, 1.807) is 6.92 Å². The summed E-state index contributed by atoms with van der Waals surface area (Å²) in [6.07, 6.45) is 1.37. The van der Waals surface area contributed by atoms with Gasteiger partial charge in [0.05, 0.1) is 0 Å². The normalized spacial score (nSPS) is 26.6. The zero-order chi connectivity index (χ0) is 14.9. The lowest BCUT2D eigenvalue weighted by Crippen LogP contribution is -2.62. The second kappa shape index (κ2) is 5.48. The Labute approximate surface area is 115 Å². The van der Waals surface area contributed by atoms with Gasteiger partial charge in [-0.2, -0.15) is 0 Å². The van der Waals surface area contributed by atoms with E-state index in [1.807, 2.05) is 0 Å². The molecule has 2 aliphatic rings. The number of imide groups is 1. The predicted octanol–water partition coefficient (Wildman–Crippen LogP) is -0.608. The van der Waals surface area contributed by atoms with Crippen molar-refractivity contribution < 1.29 is 24.3 Å². The maximum Gasteiger partial charge on any atom is 0.326 e. The van der Waals surface area contributed by atoms with Gasteiger partial charge in [-0.3, -0.25) is 14.9 Å². The molecule has 2 rings (SSSR count). The highest BCUT2D eigenvalue weighted by Gasteiger charge is 2.42. The number of hydrogen-bond donors (Lipinski definition) is 2. The number of aliphatic carboxylic acids is 1. The summed E-state index contributed by atoms with van der Waals surface area (Å²) < 4.78 is 0. The fourth-order valence-corrected chi connectivity index (χ4v) is 2.69. The summed E-state index contributed by atoms with van der Waals surface area (Å²) in [5.74, 6) is -2.11. The summed E-state index contributed by atoms with van der Waals surface area (Å²) in [5, 5.41) is 11.3. The first kappa shape index (κ1) is 14.3. The average Bonchev–Trinajstić information content (AvgIpc) is 2.86. The van der Waals surface area contributed by atoms with Gasteiger partial charge in [0.15, 0.2) is 0 Å². The second-order valence-corrected chi connectivity index (χ2v) is 4.94. The van der Waals surface area contributed by atoms with E-state index in [2.05, 4.69) is 5.32 Å². The Kier molecular flexibility index (Phi) is 3.91. The second-order valence-electron chi connectivity index (χ2n) is 4.94. The highest BCUT2D eigenvalue weighted by Crippen LogP contribution is 2.21. The molecule has 0 aliphatic carbocycles. The van der Waals surface area contributed by atoms with Gasteiger partial charge in [0, 0.05) is 6.54 Å². The molecule has 0 saturated carbocycles. The number of rotatable bonds is 2. The van der Waals surface area contributed by atoms with Crippen molar-refractivity contribution in [3.8, 4) is 0 Å². The summed E-state index contributed by atoms with van der Waals surface area (Å²) >= 11 is 0. The fraction of sp³-hybridized carbons (Fsp3) is 0.667. The zero-order valence-electron chi connectivity index (χ0n) is 11.2. The SMILES string of the molecule is CCC1C(=O)NC(=O)CN1C(=O)N1CCC[C@@H]1C(=O)O. The number of likely N-dealkylation sites (tertiary alicyclic amines) is 1. The van der Waals surface area contributed by atoms with Crippen molar-refractivity contribution in [3.63, 3.8) is 0 Å². The molecule has 2 aliphatic heterocycles. The number of nitrogens with one attached hydrogen (secondary N) is 1. The Bertz CT molecular complexity index is 464. The Balaban J connectivity index is 2.19. The standard InChI is InChI=1S/C12H17N3O5/c1-2-7-10(17)13-9(16)6-15(7)12(20)14-5-3-4-8(14)11(18)19/h7-8H,2-6H2,1H3,(H,18,19)(H,13,16,17)/t7?,8-/m1/s1. The van der Waals surface area contributed by atoms with Gasteiger partial charge >= 0.3 is 12.0 Å². The molecule has 2 N–H and O–H groups in total. The molecule has 0 aromatic heterocycles. The lowest BCUT2D eigenvalue weighted by molar-refractivity contribution is -0.141. The van der Waals surface area contributed by atoms with E-state index < -0.39 is 35.9 Å². The van der Waals surface area contributed by atoms with E-state index in [9.17, 15) is 19.2 Å². The third-order valence-electron chi connectivity index (χ3n) is 3.67. The molecule has 2 fully saturated rings. The number of urea groups is 1. The van der Waals surface area contributed by atoms with E-state index in [4.69, 9.17) is 5.11 Å². The van der Waals surface area contributed by atoms with Crippen LogP contribution in [-0.4, -0.2) is 63.9 Å². The van der Waals surface area contributed by atoms with Crippen LogP contribution in [0.2, 0.25) is 0 Å². The van der Waals surface area contributed by atoms with E-state index in [0.29, 0.717) is 25.8 Å². The molecular formula is C12H17N3O5. The van der Waals surface area contributed by atoms with Gasteiger partial charge in [-0.15, -0.1) is 0 Å². The molecule has 2 atom stereocenters. The number of amides is 4. The van der Waals surface area contributed by atoms with Crippen LogP contribution in [-0.2, 0) is 14.4 Å². The maximum atomic E-state index is 12.4. The molecular weight excluding hydrogens is 266 g/mol. The first-order valence-electron chi connectivity index (χ1n) is 6.59. The van der Waals surface area contributed by atoms with Crippen LogP contribution in [0.25, 0.3) is 0 Å². The quantitative estimate of drug-likeness (QED) is 0.658. The van der Waals surface area contributed by atoms with E-state index in [-0.39, 0.29) is 6.54 Å². The molecule has 0 aromatic rings. The highest BCUT2D eigenvalue weighted by molar-refractivity contribution is 6.04. The molecule has 0 bridgehead atoms. The van der Waals surface area contributed by atoms with Crippen molar-refractivity contribution >= 4 is 23.8 Å². The molecule has 0 radical (unpaired) electrons. The zero-order valence-corrected chi connectivity index (χ0v) is 11.2. The number of nitrogens with zero attached hydrogens (tertiary/aromatic N) is 2. The van der Waals surface area contributed by atoms with Crippen LogP contribution in [0, 0.1) is 0 Å². The van der Waals surface area contributed by atoms with Crippen LogP contribution >= 0.6 is 0 Å². The molecule has 2 saturated heterocycles. The maximum absolute atomic E-state index is 12.4. The minimum atomic E-state index is -1.06. The number of carboxylic acids is 1. The lowest BCUT2D eigenvalue weighted by Gasteiger charge is -2.37. The lowest BCUT2D eigenvalue weighted by atomic mass is 10.1. The first-order valence-corrected chi connectivity index (χ1v) is 6.59. The molecule has 8 heteroatoms. The van der Waals surface area contributed by atoms with Gasteiger partial charge in [-0.1, -0.05) is 6.92 Å². The first-order chi connectivity index (χ1) is 9.45. The van der Waals surface area contributed by atoms with E-state index in [1.165, 1.54) is 9.80 Å². The van der Waals surface area contributed by atoms with Gasteiger partial charge in [0.1, 0.15) is 18.6 Å². The number of carboxylic acid groups (broad SMARTS) is 1. The van der Waals surface area contributed by atoms with Crippen LogP contribution in [0.4, 0.5) is 4.79 Å². The van der Waals surface area contributed by atoms with Crippen LogP contribution < -0.4 is 5.32 Å². The van der Waals surface area contributed by atoms with E-state index >= 15 is 0 Å². The Morgan fingerprint density at radius 2 is 2.05 bits per heavy atom. The monoisotopic (exact) mass is 283 g/mol. The summed E-state index contributed by atoms with van der Waals surface area (Å²) in [4.78, 5) is 49.1. The molecule has 2 heterocycles. The summed E-state index contributed by atoms with van der Waals surface area (Å²) in [5.41, 5.74) is 0. The molecule has 4 amide bonds. The van der Waals surface area contributed by atoms with Crippen molar-refractivity contribution in [2.75, 3.05) is 13.1 Å². The number of carbonyl (C=O) groups excluding carboxylic acids is 3. The van der Waals surface area contributed by atoms with Crippen LogP contribution in [0.3, 0.4) is 0 Å². The van der Waals surface area contributed by atoms with Gasteiger partial charge in [-0.05, 0) is 19.3 Å². The van der Waals surface area contributed by atoms with Crippen molar-refractivity contribution in [2.24, 2.45) is 0 Å². The van der Waals surface area contributed by atoms with Crippen molar-refractivity contribution in [1.29, 1.82) is 0 Å². The average molecular weight is 283 g/mol. The summed E-state index contributed by atoms with van der Waals surface area (Å²) in [7, 11) is 0. The largest absolute Gasteiger partial charge is 0.480 e. The summed E-state index contributed by atoms with van der Waals surface area (Å²) in [6, 6.07) is -2.15. The van der Waals surface area contributed by atoms with Crippen LogP contribution in [0.15, 0.2) is 0 Å². The van der Waals surface area contributed by atoms with Gasteiger partial charge in [-0.25, -0.2) is 9.59 Å². The minimum absolute atomic E-state index is 0.216. The number of hydrogen-bond acceptors (Lipinski definition) is 4. The highest BCUT2D eigenvalue weighted by atomic mass is 16.4. The Morgan fingerprint density at radius 3 is 2.65 bits per heavy atom. The van der Waals surface area contributed by atoms with Crippen LogP contribution in [0.5, 0.6) is 0 Å². The van der Waals surface area contributed by atoms with Crippen LogP contribution in [0.1, 0.15) is 26.2 Å². The molecule has 0 aromatic carbocycles. The number of carbonyl (C=O) groups is 4. The van der Waals surface area contributed by atoms with Gasteiger partial charge in [0.2, 0.25) is 11.8 Å². The third-order valence-corrected chi connectivity index (χ3v) is 3.67. The Morgan fingerprint density at radius 1 is 1.35 bits per heavy atom. The Hall–Kier alpha value is -2.12. The fourth-order valence-electron chi connectivity index (χ4n) is 2.69. The molecule has 0 spiro atoms. The smallest absolute Gasteiger partial charge is 0.326 e. The molecule has 110 valence electrons. The van der Waals surface area contributed by atoms with Gasteiger partial charge in [0.25, 0.3) is 0 Å². The van der Waals surface area contributed by atoms with Crippen molar-refractivity contribution in [3.05, 3.63) is 0 Å². The van der Waals surface area contributed by atoms with Gasteiger partial charge < -0.3 is 14.9 Å². The molecule has 20 heavy (non-hydrogen) atoms. The topological polar surface area (TPSA) is 107 Å². The number of piperazine rings is 1. The molecule has 1 unspecified atom stereocenters.